The molecule has 0 spiro atoms. The number of anilines is 1. The number of rotatable bonds is 4. The van der Waals surface area contributed by atoms with Crippen LogP contribution in [-0.4, -0.2) is 31.1 Å². The number of nitrogens with zero attached hydrogens (tertiary/aromatic N) is 4. The van der Waals surface area contributed by atoms with Crippen LogP contribution < -0.4 is 11.0 Å². The lowest BCUT2D eigenvalue weighted by molar-refractivity contribution is 0.970. The summed E-state index contributed by atoms with van der Waals surface area (Å²) in [6.45, 7) is 0.740. The summed E-state index contributed by atoms with van der Waals surface area (Å²) in [5, 5.41) is 9.43. The molecule has 0 aliphatic rings. The Bertz CT molecular complexity index is 733. The third-order valence-electron chi connectivity index (χ3n) is 2.75. The fourth-order valence-electron chi connectivity index (χ4n) is 1.79. The third kappa shape index (κ3) is 2.44. The van der Waals surface area contributed by atoms with Gasteiger partial charge in [-0.3, -0.25) is 4.98 Å². The number of hydrogen-bond acceptors (Lipinski definition) is 5. The molecule has 0 radical (unpaired) electrons. The van der Waals surface area contributed by atoms with E-state index < -0.39 is 0 Å². The van der Waals surface area contributed by atoms with Gasteiger partial charge in [0.15, 0.2) is 5.65 Å². The molecule has 96 valence electrons. The molecule has 0 atom stereocenters. The summed E-state index contributed by atoms with van der Waals surface area (Å²) in [5.41, 5.74) is 1.42. The van der Waals surface area contributed by atoms with E-state index in [0.29, 0.717) is 11.5 Å². The second kappa shape index (κ2) is 4.89. The van der Waals surface area contributed by atoms with E-state index in [-0.39, 0.29) is 5.69 Å². The van der Waals surface area contributed by atoms with E-state index >= 15 is 0 Å². The maximum Gasteiger partial charge on any atom is 0.348 e. The van der Waals surface area contributed by atoms with Crippen LogP contribution in [0.15, 0.2) is 41.7 Å². The highest BCUT2D eigenvalue weighted by Crippen LogP contribution is 2.05. The normalized spacial score (nSPS) is 10.7. The van der Waals surface area contributed by atoms with Crippen LogP contribution in [0.2, 0.25) is 0 Å². The molecule has 0 bridgehead atoms. The van der Waals surface area contributed by atoms with Gasteiger partial charge in [-0.25, -0.2) is 19.3 Å². The van der Waals surface area contributed by atoms with Crippen molar-refractivity contribution in [1.82, 2.24) is 24.6 Å². The zero-order valence-corrected chi connectivity index (χ0v) is 10.1. The third-order valence-corrected chi connectivity index (χ3v) is 2.75. The predicted molar refractivity (Wildman–Crippen MR) is 70.0 cm³/mol. The Hall–Kier alpha value is -2.70. The smallest absolute Gasteiger partial charge is 0.348 e. The lowest BCUT2D eigenvalue weighted by atomic mass is 10.2. The van der Waals surface area contributed by atoms with Crippen LogP contribution in [0, 0.1) is 0 Å². The second-order valence-corrected chi connectivity index (χ2v) is 4.07. The lowest BCUT2D eigenvalue weighted by Crippen LogP contribution is -2.11. The minimum absolute atomic E-state index is 0.288. The largest absolute Gasteiger partial charge is 0.370 e. The fraction of sp³-hybridized carbons (Fsp3) is 0.167. The molecule has 3 heterocycles. The van der Waals surface area contributed by atoms with Crippen molar-refractivity contribution in [2.24, 2.45) is 0 Å². The maximum absolute atomic E-state index is 11.3. The Morgan fingerprint density at radius 1 is 1.42 bits per heavy atom. The summed E-state index contributed by atoms with van der Waals surface area (Å²) in [6, 6.07) is 5.66. The summed E-state index contributed by atoms with van der Waals surface area (Å²) in [5.74, 6) is 0.690. The first-order valence-electron chi connectivity index (χ1n) is 5.88. The highest BCUT2D eigenvalue weighted by Gasteiger charge is 2.01. The first kappa shape index (κ1) is 11.4. The molecule has 0 aromatic carbocycles. The van der Waals surface area contributed by atoms with Gasteiger partial charge in [0, 0.05) is 25.0 Å². The first-order chi connectivity index (χ1) is 9.33. The molecule has 7 nitrogen and oxygen atoms in total. The molecule has 19 heavy (non-hydrogen) atoms. The SMILES string of the molecule is O=c1[nH]nc2cc(NCCc3cccnc3)ncn12. The summed E-state index contributed by atoms with van der Waals surface area (Å²) >= 11 is 0. The van der Waals surface area contributed by atoms with E-state index in [2.05, 4.69) is 25.5 Å². The Kier molecular flexibility index (Phi) is 2.93. The van der Waals surface area contributed by atoms with Crippen LogP contribution in [-0.2, 0) is 6.42 Å². The topological polar surface area (TPSA) is 88.0 Å². The minimum Gasteiger partial charge on any atom is -0.370 e. The standard InChI is InChI=1S/C12H12N6O/c19-12-17-16-11-6-10(15-8-18(11)12)14-5-3-9-2-1-4-13-7-9/h1-2,4,6-8,14H,3,5H2,(H,17,19). The van der Waals surface area contributed by atoms with E-state index in [0.717, 1.165) is 18.5 Å². The Morgan fingerprint density at radius 3 is 3.21 bits per heavy atom. The summed E-state index contributed by atoms with van der Waals surface area (Å²) in [7, 11) is 0. The Morgan fingerprint density at radius 2 is 2.37 bits per heavy atom. The van der Waals surface area contributed by atoms with E-state index in [4.69, 9.17) is 0 Å². The van der Waals surface area contributed by atoms with Gasteiger partial charge in [0.05, 0.1) is 0 Å². The van der Waals surface area contributed by atoms with Crippen LogP contribution in [0.4, 0.5) is 5.82 Å². The van der Waals surface area contributed by atoms with Gasteiger partial charge in [-0.05, 0) is 18.1 Å². The van der Waals surface area contributed by atoms with Crippen molar-refractivity contribution in [3.8, 4) is 0 Å². The van der Waals surface area contributed by atoms with Crippen molar-refractivity contribution in [3.05, 3.63) is 53.0 Å². The number of aromatic amines is 1. The fourth-order valence-corrected chi connectivity index (χ4v) is 1.79. The first-order valence-corrected chi connectivity index (χ1v) is 5.88. The molecule has 2 N–H and O–H groups in total. The predicted octanol–water partition coefficient (Wildman–Crippen LogP) is 0.467. The van der Waals surface area contributed by atoms with Crippen molar-refractivity contribution in [3.63, 3.8) is 0 Å². The van der Waals surface area contributed by atoms with Gasteiger partial charge in [-0.15, -0.1) is 0 Å². The van der Waals surface area contributed by atoms with Crippen molar-refractivity contribution in [2.75, 3.05) is 11.9 Å². The Balaban J connectivity index is 1.67. The quantitative estimate of drug-likeness (QED) is 0.708. The minimum atomic E-state index is -0.288. The van der Waals surface area contributed by atoms with Crippen LogP contribution >= 0.6 is 0 Å². The highest BCUT2D eigenvalue weighted by atomic mass is 16.1. The Labute approximate surface area is 108 Å². The number of nitrogens with one attached hydrogen (secondary N) is 2. The molecule has 0 fully saturated rings. The average molecular weight is 256 g/mol. The van der Waals surface area contributed by atoms with Crippen LogP contribution in [0.3, 0.4) is 0 Å². The van der Waals surface area contributed by atoms with Crippen molar-refractivity contribution >= 4 is 11.5 Å². The van der Waals surface area contributed by atoms with Gasteiger partial charge in [-0.1, -0.05) is 6.07 Å². The lowest BCUT2D eigenvalue weighted by Gasteiger charge is -2.05. The number of aromatic nitrogens is 5. The van der Waals surface area contributed by atoms with E-state index in [1.165, 1.54) is 10.7 Å². The van der Waals surface area contributed by atoms with E-state index in [9.17, 15) is 4.79 Å². The zero-order valence-electron chi connectivity index (χ0n) is 10.1. The van der Waals surface area contributed by atoms with E-state index in [1.807, 2.05) is 18.3 Å². The molecule has 7 heteroatoms. The van der Waals surface area contributed by atoms with Gasteiger partial charge in [0.1, 0.15) is 12.1 Å². The molecule has 0 aliphatic heterocycles. The van der Waals surface area contributed by atoms with Crippen molar-refractivity contribution < 1.29 is 0 Å². The average Bonchev–Trinajstić information content (AvgIpc) is 2.81. The summed E-state index contributed by atoms with van der Waals surface area (Å²) < 4.78 is 1.35. The highest BCUT2D eigenvalue weighted by molar-refractivity contribution is 5.48. The van der Waals surface area contributed by atoms with Gasteiger partial charge in [0.25, 0.3) is 0 Å². The number of pyridine rings is 1. The van der Waals surface area contributed by atoms with Gasteiger partial charge in [0.2, 0.25) is 0 Å². The molecule has 0 aliphatic carbocycles. The summed E-state index contributed by atoms with van der Waals surface area (Å²) in [6.07, 6.45) is 5.90. The van der Waals surface area contributed by atoms with Crippen LogP contribution in [0.25, 0.3) is 5.65 Å². The molecule has 0 saturated heterocycles. The molecule has 3 aromatic rings. The van der Waals surface area contributed by atoms with Crippen molar-refractivity contribution in [1.29, 1.82) is 0 Å². The molecule has 0 amide bonds. The molecule has 3 aromatic heterocycles. The second-order valence-electron chi connectivity index (χ2n) is 4.07. The van der Waals surface area contributed by atoms with Gasteiger partial charge in [-0.2, -0.15) is 5.10 Å². The molecule has 3 rings (SSSR count). The maximum atomic E-state index is 11.3. The zero-order chi connectivity index (χ0) is 13.1. The molecule has 0 saturated carbocycles. The number of H-pyrrole nitrogens is 1. The van der Waals surface area contributed by atoms with Gasteiger partial charge >= 0.3 is 5.69 Å². The van der Waals surface area contributed by atoms with Crippen LogP contribution in [0.1, 0.15) is 5.56 Å². The number of fused-ring (bicyclic) bond motifs is 1. The van der Waals surface area contributed by atoms with Crippen molar-refractivity contribution in [2.45, 2.75) is 6.42 Å². The van der Waals surface area contributed by atoms with Gasteiger partial charge < -0.3 is 5.32 Å². The van der Waals surface area contributed by atoms with E-state index in [1.54, 1.807) is 12.3 Å². The van der Waals surface area contributed by atoms with Crippen LogP contribution in [0.5, 0.6) is 0 Å². The number of hydrogen-bond donors (Lipinski definition) is 2. The molecule has 0 unspecified atom stereocenters. The monoisotopic (exact) mass is 256 g/mol. The molecular formula is C12H12N6O. The summed E-state index contributed by atoms with van der Waals surface area (Å²) in [4.78, 5) is 19.5. The molecular weight excluding hydrogens is 244 g/mol.